The van der Waals surface area contributed by atoms with Crippen molar-refractivity contribution in [1.82, 2.24) is 14.9 Å². The molecule has 0 aliphatic carbocycles. The number of thiophene rings is 1. The molecule has 1 saturated heterocycles. The summed E-state index contributed by atoms with van der Waals surface area (Å²) in [5, 5.41) is 1.05. The van der Waals surface area contributed by atoms with Gasteiger partial charge in [-0.15, -0.1) is 11.3 Å². The third-order valence-electron chi connectivity index (χ3n) is 4.58. The van der Waals surface area contributed by atoms with Crippen LogP contribution in [-0.2, 0) is 6.54 Å². The molecule has 3 heterocycles. The Labute approximate surface area is 130 Å². The van der Waals surface area contributed by atoms with Gasteiger partial charge in [-0.25, -0.2) is 9.97 Å². The maximum absolute atomic E-state index is 6.17. The summed E-state index contributed by atoms with van der Waals surface area (Å²) in [6.45, 7) is 9.68. The van der Waals surface area contributed by atoms with Gasteiger partial charge < -0.3 is 5.73 Å². The minimum absolute atomic E-state index is 0.639. The van der Waals surface area contributed by atoms with E-state index < -0.39 is 0 Å². The number of aromatic nitrogens is 2. The van der Waals surface area contributed by atoms with E-state index in [0.717, 1.165) is 41.6 Å². The highest BCUT2D eigenvalue weighted by Crippen LogP contribution is 2.32. The predicted molar refractivity (Wildman–Crippen MR) is 89.6 cm³/mol. The van der Waals surface area contributed by atoms with Gasteiger partial charge in [-0.05, 0) is 57.7 Å². The molecule has 2 N–H and O–H groups in total. The first kappa shape index (κ1) is 14.7. The number of nitrogens with zero attached hydrogens (tertiary/aromatic N) is 3. The van der Waals surface area contributed by atoms with E-state index >= 15 is 0 Å². The van der Waals surface area contributed by atoms with Gasteiger partial charge in [0.25, 0.3) is 0 Å². The highest BCUT2D eigenvalue weighted by Gasteiger charge is 2.17. The maximum atomic E-state index is 6.17. The van der Waals surface area contributed by atoms with E-state index in [1.165, 1.54) is 29.7 Å². The summed E-state index contributed by atoms with van der Waals surface area (Å²) in [5.41, 5.74) is 7.39. The van der Waals surface area contributed by atoms with Crippen molar-refractivity contribution < 1.29 is 0 Å². The lowest BCUT2D eigenvalue weighted by atomic mass is 10.0. The zero-order valence-electron chi connectivity index (χ0n) is 13.1. The van der Waals surface area contributed by atoms with Gasteiger partial charge in [-0.3, -0.25) is 4.90 Å². The summed E-state index contributed by atoms with van der Waals surface area (Å²) in [4.78, 5) is 14.1. The summed E-state index contributed by atoms with van der Waals surface area (Å²) in [6, 6.07) is 0. The molecule has 0 saturated carbocycles. The SMILES string of the molecule is Cc1sc2nc(CN3CCCC(C)CC3)nc(N)c2c1C. The zero-order chi connectivity index (χ0) is 15.0. The first-order valence-corrected chi connectivity index (χ1v) is 8.60. The molecule has 0 amide bonds. The number of aryl methyl sites for hydroxylation is 2. The van der Waals surface area contributed by atoms with Gasteiger partial charge in [0.05, 0.1) is 11.9 Å². The van der Waals surface area contributed by atoms with Crippen LogP contribution in [0.2, 0.25) is 0 Å². The van der Waals surface area contributed by atoms with E-state index in [2.05, 4.69) is 30.7 Å². The Morgan fingerprint density at radius 3 is 2.86 bits per heavy atom. The molecular weight excluding hydrogens is 280 g/mol. The number of rotatable bonds is 2. The van der Waals surface area contributed by atoms with Crippen molar-refractivity contribution in [3.05, 3.63) is 16.3 Å². The van der Waals surface area contributed by atoms with Gasteiger partial charge in [0.15, 0.2) is 0 Å². The van der Waals surface area contributed by atoms with Crippen LogP contribution >= 0.6 is 11.3 Å². The second kappa shape index (κ2) is 5.89. The number of nitrogen functional groups attached to an aromatic ring is 1. The molecule has 0 radical (unpaired) electrons. The number of hydrogen-bond acceptors (Lipinski definition) is 5. The molecule has 2 aromatic heterocycles. The summed E-state index contributed by atoms with van der Waals surface area (Å²) < 4.78 is 0. The highest BCUT2D eigenvalue weighted by atomic mass is 32.1. The fourth-order valence-electron chi connectivity index (χ4n) is 3.08. The number of fused-ring (bicyclic) bond motifs is 1. The Hall–Kier alpha value is -1.20. The van der Waals surface area contributed by atoms with Crippen LogP contribution in [0.1, 0.15) is 42.5 Å². The molecule has 1 unspecified atom stereocenters. The molecule has 0 spiro atoms. The van der Waals surface area contributed by atoms with Crippen molar-refractivity contribution in [3.63, 3.8) is 0 Å². The fourth-order valence-corrected chi connectivity index (χ4v) is 4.13. The second-order valence-corrected chi connectivity index (χ2v) is 7.50. The molecule has 0 bridgehead atoms. The van der Waals surface area contributed by atoms with Crippen LogP contribution in [-0.4, -0.2) is 28.0 Å². The molecule has 1 aliphatic rings. The van der Waals surface area contributed by atoms with E-state index in [1.807, 2.05) is 0 Å². The lowest BCUT2D eigenvalue weighted by Gasteiger charge is -2.19. The van der Waals surface area contributed by atoms with E-state index in [4.69, 9.17) is 10.7 Å². The first-order chi connectivity index (χ1) is 10.0. The van der Waals surface area contributed by atoms with Crippen molar-refractivity contribution in [2.75, 3.05) is 18.8 Å². The average molecular weight is 304 g/mol. The molecule has 1 fully saturated rings. The van der Waals surface area contributed by atoms with Crippen molar-refractivity contribution in [1.29, 1.82) is 0 Å². The average Bonchev–Trinajstić information content (AvgIpc) is 2.59. The summed E-state index contributed by atoms with van der Waals surface area (Å²) in [7, 11) is 0. The van der Waals surface area contributed by atoms with Gasteiger partial charge in [-0.1, -0.05) is 6.92 Å². The maximum Gasteiger partial charge on any atom is 0.146 e. The topological polar surface area (TPSA) is 55.0 Å². The van der Waals surface area contributed by atoms with Crippen molar-refractivity contribution in [2.45, 2.75) is 46.6 Å². The summed E-state index contributed by atoms with van der Waals surface area (Å²) in [6.07, 6.45) is 3.88. The smallest absolute Gasteiger partial charge is 0.146 e. The van der Waals surface area contributed by atoms with Gasteiger partial charge in [0.1, 0.15) is 16.5 Å². The molecule has 21 heavy (non-hydrogen) atoms. The molecule has 5 heteroatoms. The zero-order valence-corrected chi connectivity index (χ0v) is 14.0. The predicted octanol–water partition coefficient (Wildman–Crippen LogP) is 3.51. The van der Waals surface area contributed by atoms with E-state index in [9.17, 15) is 0 Å². The van der Waals surface area contributed by atoms with Crippen LogP contribution < -0.4 is 5.73 Å². The number of hydrogen-bond donors (Lipinski definition) is 1. The van der Waals surface area contributed by atoms with Gasteiger partial charge in [-0.2, -0.15) is 0 Å². The Bertz CT molecular complexity index is 649. The Balaban J connectivity index is 1.84. The molecule has 0 aromatic carbocycles. The van der Waals surface area contributed by atoms with Crippen LogP contribution in [0.25, 0.3) is 10.2 Å². The molecule has 1 atom stereocenters. The van der Waals surface area contributed by atoms with E-state index in [-0.39, 0.29) is 0 Å². The van der Waals surface area contributed by atoms with Crippen LogP contribution in [0.3, 0.4) is 0 Å². The standard InChI is InChI=1S/C16H24N4S/c1-10-5-4-7-20(8-6-10)9-13-18-15(17)14-11(2)12(3)21-16(14)19-13/h10H,4-9H2,1-3H3,(H2,17,18,19). The lowest BCUT2D eigenvalue weighted by Crippen LogP contribution is -2.25. The van der Waals surface area contributed by atoms with Crippen molar-refractivity contribution in [2.24, 2.45) is 5.92 Å². The lowest BCUT2D eigenvalue weighted by molar-refractivity contribution is 0.267. The minimum Gasteiger partial charge on any atom is -0.383 e. The van der Waals surface area contributed by atoms with E-state index in [0.29, 0.717) is 5.82 Å². The largest absolute Gasteiger partial charge is 0.383 e. The summed E-state index contributed by atoms with van der Waals surface area (Å²) >= 11 is 1.72. The first-order valence-electron chi connectivity index (χ1n) is 7.79. The number of nitrogens with two attached hydrogens (primary N) is 1. The quantitative estimate of drug-likeness (QED) is 0.922. The van der Waals surface area contributed by atoms with Crippen molar-refractivity contribution >= 4 is 27.4 Å². The van der Waals surface area contributed by atoms with Crippen LogP contribution in [0.5, 0.6) is 0 Å². The van der Waals surface area contributed by atoms with Gasteiger partial charge >= 0.3 is 0 Å². The number of likely N-dealkylation sites (tertiary alicyclic amines) is 1. The van der Waals surface area contributed by atoms with E-state index in [1.54, 1.807) is 11.3 Å². The molecule has 1 aliphatic heterocycles. The van der Waals surface area contributed by atoms with Crippen LogP contribution in [0.15, 0.2) is 0 Å². The van der Waals surface area contributed by atoms with Crippen LogP contribution in [0.4, 0.5) is 5.82 Å². The number of anilines is 1. The van der Waals surface area contributed by atoms with Gasteiger partial charge in [0.2, 0.25) is 0 Å². The third-order valence-corrected chi connectivity index (χ3v) is 5.68. The van der Waals surface area contributed by atoms with Crippen LogP contribution in [0, 0.1) is 19.8 Å². The third kappa shape index (κ3) is 3.04. The molecule has 2 aromatic rings. The van der Waals surface area contributed by atoms with Gasteiger partial charge in [0, 0.05) is 4.88 Å². The monoisotopic (exact) mass is 304 g/mol. The second-order valence-electron chi connectivity index (χ2n) is 6.30. The highest BCUT2D eigenvalue weighted by molar-refractivity contribution is 7.18. The Morgan fingerprint density at radius 1 is 1.24 bits per heavy atom. The Morgan fingerprint density at radius 2 is 2.05 bits per heavy atom. The normalized spacial score (nSPS) is 20.8. The minimum atomic E-state index is 0.639. The molecule has 4 nitrogen and oxygen atoms in total. The molecular formula is C16H24N4S. The fraction of sp³-hybridized carbons (Fsp3) is 0.625. The summed E-state index contributed by atoms with van der Waals surface area (Å²) in [5.74, 6) is 2.35. The molecule has 3 rings (SSSR count). The van der Waals surface area contributed by atoms with Crippen molar-refractivity contribution in [3.8, 4) is 0 Å². The molecule has 114 valence electrons. The Kier molecular flexibility index (Phi) is 4.13.